The molecule has 0 heterocycles. The molecule has 0 amide bonds. The van der Waals surface area contributed by atoms with Crippen LogP contribution in [0.15, 0.2) is 0 Å². The van der Waals surface area contributed by atoms with E-state index >= 15 is 0 Å². The van der Waals surface area contributed by atoms with Crippen molar-refractivity contribution < 1.29 is 4.79 Å². The third-order valence-electron chi connectivity index (χ3n) is 3.01. The van der Waals surface area contributed by atoms with Gasteiger partial charge in [0.05, 0.1) is 0 Å². The van der Waals surface area contributed by atoms with E-state index in [1.807, 2.05) is 0 Å². The molecule has 0 aromatic rings. The normalized spacial score (nSPS) is 42.1. The smallest absolute Gasteiger partial charge is 0.123 e. The number of nitrogens with two attached hydrogens (primary N) is 1. The average molecular weight is 139 g/mol. The van der Waals surface area contributed by atoms with Gasteiger partial charge in [-0.05, 0) is 31.6 Å². The molecule has 0 spiro atoms. The van der Waals surface area contributed by atoms with E-state index in [0.29, 0.717) is 11.8 Å². The summed E-state index contributed by atoms with van der Waals surface area (Å²) in [5.74, 6) is 1.01. The highest BCUT2D eigenvalue weighted by atomic mass is 16.1. The Kier molecular flexibility index (Phi) is 1.15. The van der Waals surface area contributed by atoms with Gasteiger partial charge >= 0.3 is 0 Å². The molecule has 2 aliphatic rings. The van der Waals surface area contributed by atoms with Gasteiger partial charge in [-0.1, -0.05) is 0 Å². The maximum absolute atomic E-state index is 10.2. The zero-order chi connectivity index (χ0) is 7.19. The summed E-state index contributed by atoms with van der Waals surface area (Å²) in [5, 5.41) is 0. The predicted molar refractivity (Wildman–Crippen MR) is 38.4 cm³/mol. The second kappa shape index (κ2) is 1.82. The molecule has 0 aromatic carbocycles. The molecule has 2 saturated carbocycles. The second-order valence-corrected chi connectivity index (χ2v) is 3.80. The first-order chi connectivity index (χ1) is 4.74. The number of hydrogen-bond acceptors (Lipinski definition) is 2. The van der Waals surface area contributed by atoms with Crippen molar-refractivity contribution >= 4 is 6.29 Å². The van der Waals surface area contributed by atoms with Gasteiger partial charge in [-0.25, -0.2) is 0 Å². The van der Waals surface area contributed by atoms with E-state index in [0.717, 1.165) is 19.1 Å². The first-order valence-corrected chi connectivity index (χ1v) is 3.99. The maximum atomic E-state index is 10.2. The van der Waals surface area contributed by atoms with Crippen molar-refractivity contribution in [2.75, 3.05) is 0 Å². The largest absolute Gasteiger partial charge is 0.325 e. The summed E-state index contributed by atoms with van der Waals surface area (Å²) in [4.78, 5) is 10.2. The van der Waals surface area contributed by atoms with Crippen molar-refractivity contribution in [3.63, 3.8) is 0 Å². The van der Waals surface area contributed by atoms with Gasteiger partial charge < -0.3 is 10.5 Å². The van der Waals surface area contributed by atoms with Crippen LogP contribution in [0.5, 0.6) is 0 Å². The van der Waals surface area contributed by atoms with Crippen molar-refractivity contribution in [1.82, 2.24) is 0 Å². The zero-order valence-corrected chi connectivity index (χ0v) is 6.05. The molecule has 10 heavy (non-hydrogen) atoms. The van der Waals surface area contributed by atoms with Gasteiger partial charge in [0.1, 0.15) is 6.29 Å². The van der Waals surface area contributed by atoms with Crippen molar-refractivity contribution in [1.29, 1.82) is 0 Å². The highest BCUT2D eigenvalue weighted by molar-refractivity contribution is 5.55. The van der Waals surface area contributed by atoms with Gasteiger partial charge in [-0.3, -0.25) is 0 Å². The molecule has 0 bridgehead atoms. The first-order valence-electron chi connectivity index (χ1n) is 3.99. The molecule has 56 valence electrons. The molecule has 0 aromatic heterocycles. The van der Waals surface area contributed by atoms with Crippen LogP contribution >= 0.6 is 0 Å². The van der Waals surface area contributed by atoms with Crippen LogP contribution in [0.1, 0.15) is 25.7 Å². The monoisotopic (exact) mass is 139 g/mol. The Balaban J connectivity index is 1.85. The fraction of sp³-hybridized carbons (Fsp3) is 0.875. The summed E-state index contributed by atoms with van der Waals surface area (Å²) in [6.45, 7) is 0. The van der Waals surface area contributed by atoms with Crippen molar-refractivity contribution in [2.24, 2.45) is 17.6 Å². The lowest BCUT2D eigenvalue weighted by molar-refractivity contribution is -0.114. The molecular formula is C8H13NO. The standard InChI is InChI=1S/C8H13NO/c9-8(1-2-8)7-3-6(4-7)5-10/h5-7H,1-4,9H2. The maximum Gasteiger partial charge on any atom is 0.123 e. The molecule has 2 aliphatic carbocycles. The van der Waals surface area contributed by atoms with E-state index in [9.17, 15) is 4.79 Å². The quantitative estimate of drug-likeness (QED) is 0.572. The van der Waals surface area contributed by atoms with Crippen molar-refractivity contribution in [2.45, 2.75) is 31.2 Å². The van der Waals surface area contributed by atoms with Gasteiger partial charge in [0.25, 0.3) is 0 Å². The Hall–Kier alpha value is -0.370. The Bertz CT molecular complexity index is 157. The summed E-state index contributed by atoms with van der Waals surface area (Å²) < 4.78 is 0. The van der Waals surface area contributed by atoms with Crippen molar-refractivity contribution in [3.8, 4) is 0 Å². The zero-order valence-electron chi connectivity index (χ0n) is 6.05. The Morgan fingerprint density at radius 3 is 2.40 bits per heavy atom. The van der Waals surface area contributed by atoms with E-state index in [2.05, 4.69) is 0 Å². The minimum atomic E-state index is 0.166. The molecule has 2 N–H and O–H groups in total. The summed E-state index contributed by atoms with van der Waals surface area (Å²) in [6, 6.07) is 0. The molecular weight excluding hydrogens is 126 g/mol. The van der Waals surface area contributed by atoms with Gasteiger partial charge in [0, 0.05) is 11.5 Å². The molecule has 2 fully saturated rings. The number of rotatable bonds is 2. The third-order valence-corrected chi connectivity index (χ3v) is 3.01. The van der Waals surface area contributed by atoms with Crippen LogP contribution in [0.4, 0.5) is 0 Å². The average Bonchev–Trinajstić information content (AvgIpc) is 2.46. The van der Waals surface area contributed by atoms with Crippen LogP contribution in [0.3, 0.4) is 0 Å². The first kappa shape index (κ1) is 6.35. The summed E-state index contributed by atoms with van der Waals surface area (Å²) in [5.41, 5.74) is 6.12. The number of carbonyl (C=O) groups is 1. The van der Waals surface area contributed by atoms with E-state index in [4.69, 9.17) is 5.73 Å². The third kappa shape index (κ3) is 0.788. The topological polar surface area (TPSA) is 43.1 Å². The Morgan fingerprint density at radius 2 is 2.00 bits per heavy atom. The van der Waals surface area contributed by atoms with Gasteiger partial charge in [0.15, 0.2) is 0 Å². The lowest BCUT2D eigenvalue weighted by Crippen LogP contribution is -2.41. The minimum absolute atomic E-state index is 0.166. The van der Waals surface area contributed by atoms with Gasteiger partial charge in [-0.15, -0.1) is 0 Å². The lowest BCUT2D eigenvalue weighted by Gasteiger charge is -2.36. The predicted octanol–water partition coefficient (Wildman–Crippen LogP) is 0.703. The number of hydrogen-bond donors (Lipinski definition) is 1. The molecule has 2 rings (SSSR count). The van der Waals surface area contributed by atoms with Crippen LogP contribution in [0.2, 0.25) is 0 Å². The van der Waals surface area contributed by atoms with Crippen molar-refractivity contribution in [3.05, 3.63) is 0 Å². The van der Waals surface area contributed by atoms with Crippen LogP contribution in [-0.4, -0.2) is 11.8 Å². The van der Waals surface area contributed by atoms with E-state index in [1.54, 1.807) is 0 Å². The number of aldehydes is 1. The lowest BCUT2D eigenvalue weighted by atomic mass is 9.71. The summed E-state index contributed by atoms with van der Waals surface area (Å²) >= 11 is 0. The Morgan fingerprint density at radius 1 is 1.40 bits per heavy atom. The Labute approximate surface area is 60.8 Å². The summed E-state index contributed by atoms with van der Waals surface area (Å²) in [7, 11) is 0. The van der Waals surface area contributed by atoms with Crippen LogP contribution < -0.4 is 5.73 Å². The van der Waals surface area contributed by atoms with Crippen LogP contribution in [0, 0.1) is 11.8 Å². The van der Waals surface area contributed by atoms with E-state index in [1.165, 1.54) is 12.8 Å². The highest BCUT2D eigenvalue weighted by Crippen LogP contribution is 2.50. The van der Waals surface area contributed by atoms with E-state index in [-0.39, 0.29) is 5.54 Å². The fourth-order valence-electron chi connectivity index (χ4n) is 1.79. The fourth-order valence-corrected chi connectivity index (χ4v) is 1.79. The highest BCUT2D eigenvalue weighted by Gasteiger charge is 2.50. The van der Waals surface area contributed by atoms with Crippen LogP contribution in [-0.2, 0) is 4.79 Å². The molecule has 0 saturated heterocycles. The second-order valence-electron chi connectivity index (χ2n) is 3.80. The van der Waals surface area contributed by atoms with Crippen LogP contribution in [0.25, 0.3) is 0 Å². The molecule has 2 heteroatoms. The molecule has 0 aliphatic heterocycles. The molecule has 0 unspecified atom stereocenters. The van der Waals surface area contributed by atoms with E-state index < -0.39 is 0 Å². The number of carbonyl (C=O) groups excluding carboxylic acids is 1. The summed E-state index contributed by atoms with van der Waals surface area (Å²) in [6.07, 6.45) is 5.55. The molecule has 0 atom stereocenters. The molecule has 2 nitrogen and oxygen atoms in total. The minimum Gasteiger partial charge on any atom is -0.325 e. The van der Waals surface area contributed by atoms with Gasteiger partial charge in [0.2, 0.25) is 0 Å². The SMILES string of the molecule is NC1(C2CC(C=O)C2)CC1. The molecule has 0 radical (unpaired) electrons. The van der Waals surface area contributed by atoms with Gasteiger partial charge in [-0.2, -0.15) is 0 Å².